The van der Waals surface area contributed by atoms with E-state index in [0.29, 0.717) is 34.3 Å². The van der Waals surface area contributed by atoms with Crippen molar-refractivity contribution >= 4 is 11.9 Å². The SMILES string of the molecule is COC(=O)C1=C(C(=O)OC)[C@]2(C)CC[C@@H]3[C@@]4(C)CC[C@H]5C[C@@]5(C)[C@@H]4CC[C@@]3(C)C2=CC1. The second-order valence-electron chi connectivity index (χ2n) is 12.0. The molecule has 4 saturated carbocycles. The predicted octanol–water partition coefficient (Wildman–Crippen LogP) is 5.62. The smallest absolute Gasteiger partial charge is 0.335 e. The molecule has 0 aliphatic heterocycles. The first-order valence-corrected chi connectivity index (χ1v) is 12.2. The standard InChI is InChI=1S/C27H38O4/c1-24-12-9-16-15-27(16,4)20(24)10-13-25(2)18-8-7-17(22(28)30-5)21(23(29)31-6)26(18,3)14-11-19(24)25/h8,16,19-20H,7,9-15H2,1-6H3/t16-,19+,20+,24+,25-,26+,27+/m0/s1. The average Bonchev–Trinajstić information content (AvgIpc) is 3.42. The minimum atomic E-state index is -0.454. The summed E-state index contributed by atoms with van der Waals surface area (Å²) >= 11 is 0. The van der Waals surface area contributed by atoms with Gasteiger partial charge in [-0.2, -0.15) is 0 Å². The highest BCUT2D eigenvalue weighted by Gasteiger charge is 2.69. The van der Waals surface area contributed by atoms with Crippen LogP contribution in [0.15, 0.2) is 22.8 Å². The van der Waals surface area contributed by atoms with E-state index < -0.39 is 11.4 Å². The highest BCUT2D eigenvalue weighted by Crippen LogP contribution is 2.77. The number of ether oxygens (including phenoxy) is 2. The summed E-state index contributed by atoms with van der Waals surface area (Å²) in [7, 11) is 2.81. The number of carbonyl (C=O) groups is 2. The van der Waals surface area contributed by atoms with Crippen LogP contribution in [0.2, 0.25) is 0 Å². The fourth-order valence-corrected chi connectivity index (χ4v) is 9.45. The Labute approximate surface area is 186 Å². The van der Waals surface area contributed by atoms with Crippen LogP contribution in [0.3, 0.4) is 0 Å². The summed E-state index contributed by atoms with van der Waals surface area (Å²) in [5.74, 6) is 1.64. The molecule has 4 nitrogen and oxygen atoms in total. The third kappa shape index (κ3) is 2.54. The molecule has 0 saturated heterocycles. The molecule has 0 bridgehead atoms. The van der Waals surface area contributed by atoms with Gasteiger partial charge >= 0.3 is 11.9 Å². The molecule has 4 heteroatoms. The lowest BCUT2D eigenvalue weighted by atomic mass is 9.39. The summed E-state index contributed by atoms with van der Waals surface area (Å²) in [6.45, 7) is 9.77. The zero-order chi connectivity index (χ0) is 22.4. The number of carbonyl (C=O) groups excluding carboxylic acids is 2. The molecule has 0 unspecified atom stereocenters. The minimum Gasteiger partial charge on any atom is -0.466 e. The van der Waals surface area contributed by atoms with E-state index in [1.54, 1.807) is 0 Å². The third-order valence-corrected chi connectivity index (χ3v) is 10.9. The summed E-state index contributed by atoms with van der Waals surface area (Å²) in [4.78, 5) is 25.6. The highest BCUT2D eigenvalue weighted by molar-refractivity contribution is 6.02. The summed E-state index contributed by atoms with van der Waals surface area (Å²) in [6, 6.07) is 0. The number of rotatable bonds is 2. The zero-order valence-corrected chi connectivity index (χ0v) is 20.1. The lowest BCUT2D eigenvalue weighted by molar-refractivity contribution is -0.142. The molecule has 0 N–H and O–H groups in total. The molecule has 31 heavy (non-hydrogen) atoms. The highest BCUT2D eigenvalue weighted by atomic mass is 16.5. The first kappa shape index (κ1) is 21.3. The second kappa shape index (κ2) is 6.48. The summed E-state index contributed by atoms with van der Waals surface area (Å²) in [5, 5.41) is 0. The van der Waals surface area contributed by atoms with Crippen molar-refractivity contribution < 1.29 is 19.1 Å². The van der Waals surface area contributed by atoms with Crippen molar-refractivity contribution in [3.8, 4) is 0 Å². The number of esters is 2. The Bertz CT molecular complexity index is 914. The number of fused-ring (bicyclic) bond motifs is 7. The molecule has 5 rings (SSSR count). The number of methoxy groups -OCH3 is 2. The predicted molar refractivity (Wildman–Crippen MR) is 119 cm³/mol. The summed E-state index contributed by atoms with van der Waals surface area (Å²) in [6.07, 6.45) is 11.4. The van der Waals surface area contributed by atoms with Crippen LogP contribution in [0.5, 0.6) is 0 Å². The molecule has 5 aliphatic carbocycles. The lowest BCUT2D eigenvalue weighted by Gasteiger charge is -2.65. The summed E-state index contributed by atoms with van der Waals surface area (Å²) < 4.78 is 10.3. The molecule has 5 aliphatic rings. The van der Waals surface area contributed by atoms with Crippen molar-refractivity contribution in [1.82, 2.24) is 0 Å². The van der Waals surface area contributed by atoms with Crippen LogP contribution in [0.4, 0.5) is 0 Å². The first-order chi connectivity index (χ1) is 14.6. The van der Waals surface area contributed by atoms with Gasteiger partial charge in [0.05, 0.1) is 25.4 Å². The van der Waals surface area contributed by atoms with Gasteiger partial charge in [-0.25, -0.2) is 9.59 Å². The van der Waals surface area contributed by atoms with Crippen molar-refractivity contribution in [3.05, 3.63) is 22.8 Å². The fourth-order valence-electron chi connectivity index (χ4n) is 9.45. The second-order valence-corrected chi connectivity index (χ2v) is 12.0. The van der Waals surface area contributed by atoms with E-state index in [9.17, 15) is 9.59 Å². The van der Waals surface area contributed by atoms with E-state index >= 15 is 0 Å². The van der Waals surface area contributed by atoms with E-state index in [1.807, 2.05) is 0 Å². The molecule has 0 amide bonds. The van der Waals surface area contributed by atoms with Crippen molar-refractivity contribution in [3.63, 3.8) is 0 Å². The van der Waals surface area contributed by atoms with E-state index in [-0.39, 0.29) is 11.4 Å². The number of allylic oxidation sites excluding steroid dienone is 2. The zero-order valence-electron chi connectivity index (χ0n) is 20.1. The molecule has 0 aromatic rings. The van der Waals surface area contributed by atoms with Crippen molar-refractivity contribution in [1.29, 1.82) is 0 Å². The van der Waals surface area contributed by atoms with Crippen molar-refractivity contribution in [2.24, 2.45) is 39.4 Å². The van der Waals surface area contributed by atoms with E-state index in [1.165, 1.54) is 51.9 Å². The Morgan fingerprint density at radius 1 is 0.871 bits per heavy atom. The minimum absolute atomic E-state index is 0.0667. The summed E-state index contributed by atoms with van der Waals surface area (Å²) in [5.41, 5.74) is 2.95. The Kier molecular flexibility index (Phi) is 4.45. The molecule has 7 atom stereocenters. The van der Waals surface area contributed by atoms with Gasteiger partial charge in [0.25, 0.3) is 0 Å². The van der Waals surface area contributed by atoms with Crippen molar-refractivity contribution in [2.75, 3.05) is 14.2 Å². The maximum Gasteiger partial charge on any atom is 0.335 e. The third-order valence-electron chi connectivity index (χ3n) is 10.9. The van der Waals surface area contributed by atoms with Crippen LogP contribution >= 0.6 is 0 Å². The molecule has 4 fully saturated rings. The van der Waals surface area contributed by atoms with Gasteiger partial charge in [0, 0.05) is 5.41 Å². The van der Waals surface area contributed by atoms with Crippen LogP contribution < -0.4 is 0 Å². The van der Waals surface area contributed by atoms with Gasteiger partial charge in [0.2, 0.25) is 0 Å². The van der Waals surface area contributed by atoms with Crippen LogP contribution in [-0.4, -0.2) is 26.2 Å². The monoisotopic (exact) mass is 426 g/mol. The van der Waals surface area contributed by atoms with Gasteiger partial charge in [-0.05, 0) is 85.4 Å². The maximum absolute atomic E-state index is 13.0. The molecule has 0 heterocycles. The Morgan fingerprint density at radius 2 is 1.55 bits per heavy atom. The van der Waals surface area contributed by atoms with Gasteiger partial charge in [0.1, 0.15) is 0 Å². The maximum atomic E-state index is 13.0. The quantitative estimate of drug-likeness (QED) is 0.425. The topological polar surface area (TPSA) is 52.6 Å². The van der Waals surface area contributed by atoms with E-state index in [4.69, 9.17) is 9.47 Å². The van der Waals surface area contributed by atoms with Crippen LogP contribution in [0, 0.1) is 39.4 Å². The Balaban J connectivity index is 1.58. The van der Waals surface area contributed by atoms with E-state index in [0.717, 1.165) is 24.7 Å². The Hall–Kier alpha value is -1.58. The lowest BCUT2D eigenvalue weighted by Crippen LogP contribution is -2.58. The van der Waals surface area contributed by atoms with Crippen LogP contribution in [0.25, 0.3) is 0 Å². The molecule has 0 radical (unpaired) electrons. The van der Waals surface area contributed by atoms with Gasteiger partial charge in [0.15, 0.2) is 0 Å². The van der Waals surface area contributed by atoms with E-state index in [2.05, 4.69) is 33.8 Å². The largest absolute Gasteiger partial charge is 0.466 e. The molecular weight excluding hydrogens is 388 g/mol. The van der Waals surface area contributed by atoms with Crippen molar-refractivity contribution in [2.45, 2.75) is 79.1 Å². The molecule has 0 aromatic heterocycles. The van der Waals surface area contributed by atoms with Crippen LogP contribution in [-0.2, 0) is 19.1 Å². The fraction of sp³-hybridized carbons (Fsp3) is 0.778. The normalized spacial score (nSPS) is 47.8. The van der Waals surface area contributed by atoms with Gasteiger partial charge in [-0.15, -0.1) is 0 Å². The molecule has 170 valence electrons. The van der Waals surface area contributed by atoms with Gasteiger partial charge in [-0.3, -0.25) is 0 Å². The first-order valence-electron chi connectivity index (χ1n) is 12.2. The van der Waals surface area contributed by atoms with Crippen LogP contribution in [0.1, 0.15) is 79.1 Å². The average molecular weight is 427 g/mol. The van der Waals surface area contributed by atoms with Gasteiger partial charge in [-0.1, -0.05) is 39.3 Å². The van der Waals surface area contributed by atoms with Gasteiger partial charge < -0.3 is 9.47 Å². The Morgan fingerprint density at radius 3 is 2.23 bits per heavy atom. The number of hydrogen-bond acceptors (Lipinski definition) is 4. The molecular formula is C27H38O4. The molecule has 0 aromatic carbocycles. The molecule has 0 spiro atoms. The number of hydrogen-bond donors (Lipinski definition) is 0.